The minimum Gasteiger partial charge on any atom is -0.481 e. The second kappa shape index (κ2) is 8.96. The van der Waals surface area contributed by atoms with E-state index in [1.54, 1.807) is 24.3 Å². The molecule has 1 aliphatic heterocycles. The van der Waals surface area contributed by atoms with Crippen LogP contribution in [0, 0.1) is 0 Å². The summed E-state index contributed by atoms with van der Waals surface area (Å²) in [6.45, 7) is 3.81. The molecule has 7 nitrogen and oxygen atoms in total. The van der Waals surface area contributed by atoms with Crippen LogP contribution in [-0.4, -0.2) is 39.1 Å². The molecule has 2 unspecified atom stereocenters. The average molecular weight is 457 g/mol. The van der Waals surface area contributed by atoms with E-state index in [0.29, 0.717) is 11.3 Å². The third-order valence-corrected chi connectivity index (χ3v) is 6.07. The van der Waals surface area contributed by atoms with Gasteiger partial charge in [-0.3, -0.25) is 9.59 Å². The minimum atomic E-state index is -2.38. The number of hydrogen-bond donors (Lipinski definition) is 3. The normalized spacial score (nSPS) is 17.8. The van der Waals surface area contributed by atoms with Crippen molar-refractivity contribution in [3.05, 3.63) is 102 Å². The van der Waals surface area contributed by atoms with Crippen LogP contribution in [-0.2, 0) is 10.5 Å². The monoisotopic (exact) mass is 457 g/mol. The number of aromatic carboxylic acids is 1. The molecule has 0 radical (unpaired) electrons. The van der Waals surface area contributed by atoms with Gasteiger partial charge in [0.05, 0.1) is 22.9 Å². The molecule has 0 amide bonds. The summed E-state index contributed by atoms with van der Waals surface area (Å²) in [5, 5.41) is 31.1. The van der Waals surface area contributed by atoms with Crippen molar-refractivity contribution in [1.29, 1.82) is 0 Å². The van der Waals surface area contributed by atoms with Gasteiger partial charge in [0.25, 0.3) is 0 Å². The summed E-state index contributed by atoms with van der Waals surface area (Å²) in [7, 11) is 0. The van der Waals surface area contributed by atoms with E-state index >= 15 is 0 Å². The van der Waals surface area contributed by atoms with Gasteiger partial charge in [0.15, 0.2) is 0 Å². The lowest BCUT2D eigenvalue weighted by Gasteiger charge is -2.39. The average Bonchev–Trinajstić information content (AvgIpc) is 3.08. The molecule has 3 aromatic carbocycles. The Bertz CT molecular complexity index is 1290. The van der Waals surface area contributed by atoms with E-state index in [9.17, 15) is 29.7 Å². The van der Waals surface area contributed by atoms with Crippen LogP contribution in [0.3, 0.4) is 0 Å². The van der Waals surface area contributed by atoms with Gasteiger partial charge in [0.1, 0.15) is 0 Å². The molecule has 34 heavy (non-hydrogen) atoms. The Morgan fingerprint density at radius 3 is 2.29 bits per heavy atom. The van der Waals surface area contributed by atoms with Crippen molar-refractivity contribution in [1.82, 2.24) is 0 Å². The smallest absolute Gasteiger partial charge is 0.336 e. The van der Waals surface area contributed by atoms with Crippen LogP contribution in [0.4, 0.5) is 5.69 Å². The fourth-order valence-corrected chi connectivity index (χ4v) is 4.56. The molecular weight excluding hydrogens is 434 g/mol. The Labute approximate surface area is 196 Å². The van der Waals surface area contributed by atoms with Gasteiger partial charge in [-0.25, -0.2) is 4.79 Å². The molecule has 172 valence electrons. The number of ketones is 1. The molecule has 1 heterocycles. The number of carboxylic acid groups (broad SMARTS) is 2. The van der Waals surface area contributed by atoms with E-state index in [2.05, 4.69) is 6.58 Å². The van der Waals surface area contributed by atoms with Crippen molar-refractivity contribution in [2.75, 3.05) is 4.90 Å². The van der Waals surface area contributed by atoms with Gasteiger partial charge in [0.2, 0.25) is 11.5 Å². The number of rotatable bonds is 8. The highest BCUT2D eigenvalue weighted by molar-refractivity contribution is 6.18. The molecule has 3 aromatic rings. The largest absolute Gasteiger partial charge is 0.481 e. The second-order valence-electron chi connectivity index (χ2n) is 8.02. The maximum absolute atomic E-state index is 14.0. The zero-order valence-electron chi connectivity index (χ0n) is 18.2. The number of fused-ring (bicyclic) bond motifs is 1. The summed E-state index contributed by atoms with van der Waals surface area (Å²) in [5.41, 5.74) is -0.743. The molecular formula is C27H23NO6. The van der Waals surface area contributed by atoms with Gasteiger partial charge >= 0.3 is 11.9 Å². The highest BCUT2D eigenvalue weighted by atomic mass is 16.4. The summed E-state index contributed by atoms with van der Waals surface area (Å²) in [6.07, 6.45) is 1.29. The fourth-order valence-electron chi connectivity index (χ4n) is 4.56. The first-order valence-electron chi connectivity index (χ1n) is 10.7. The molecule has 2 atom stereocenters. The molecule has 1 aliphatic rings. The molecule has 0 aliphatic carbocycles. The number of hydrogen-bond acceptors (Lipinski definition) is 5. The van der Waals surface area contributed by atoms with Gasteiger partial charge < -0.3 is 20.2 Å². The van der Waals surface area contributed by atoms with Crippen molar-refractivity contribution >= 4 is 23.4 Å². The summed E-state index contributed by atoms with van der Waals surface area (Å²) >= 11 is 0. The van der Waals surface area contributed by atoms with E-state index in [1.165, 1.54) is 29.2 Å². The quantitative estimate of drug-likeness (QED) is 0.432. The molecule has 0 bridgehead atoms. The number of carbonyl (C=O) groups is 3. The molecule has 0 fully saturated rings. The second-order valence-corrected chi connectivity index (χ2v) is 8.02. The van der Waals surface area contributed by atoms with E-state index in [4.69, 9.17) is 0 Å². The summed E-state index contributed by atoms with van der Waals surface area (Å²) in [6, 6.07) is 19.4. The predicted molar refractivity (Wildman–Crippen MR) is 127 cm³/mol. The van der Waals surface area contributed by atoms with Crippen molar-refractivity contribution in [2.45, 2.75) is 24.6 Å². The zero-order valence-corrected chi connectivity index (χ0v) is 18.2. The van der Waals surface area contributed by atoms with Gasteiger partial charge in [-0.1, -0.05) is 66.7 Å². The molecule has 0 spiro atoms. The molecule has 4 rings (SSSR count). The lowest BCUT2D eigenvalue weighted by atomic mass is 9.89. The van der Waals surface area contributed by atoms with Gasteiger partial charge in [-0.05, 0) is 29.7 Å². The van der Waals surface area contributed by atoms with Crippen LogP contribution in [0.1, 0.15) is 39.1 Å². The predicted octanol–water partition coefficient (Wildman–Crippen LogP) is 4.32. The first-order chi connectivity index (χ1) is 16.3. The maximum Gasteiger partial charge on any atom is 0.336 e. The van der Waals surface area contributed by atoms with Crippen LogP contribution < -0.4 is 4.90 Å². The van der Waals surface area contributed by atoms with Crippen molar-refractivity contribution in [3.63, 3.8) is 0 Å². The van der Waals surface area contributed by atoms with Crippen molar-refractivity contribution in [3.8, 4) is 11.1 Å². The number of nitrogens with zero attached hydrogens (tertiary/aromatic N) is 1. The minimum absolute atomic E-state index is 0.0542. The van der Waals surface area contributed by atoms with Gasteiger partial charge in [0, 0.05) is 12.0 Å². The summed E-state index contributed by atoms with van der Waals surface area (Å²) < 4.78 is 0. The number of anilines is 1. The Morgan fingerprint density at radius 2 is 1.65 bits per heavy atom. The van der Waals surface area contributed by atoms with Crippen LogP contribution in [0.15, 0.2) is 85.5 Å². The van der Waals surface area contributed by atoms with Crippen molar-refractivity contribution < 1.29 is 29.7 Å². The number of carboxylic acids is 2. The van der Waals surface area contributed by atoms with Crippen LogP contribution in [0.2, 0.25) is 0 Å². The van der Waals surface area contributed by atoms with Gasteiger partial charge in [-0.15, -0.1) is 6.58 Å². The Kier molecular flexibility index (Phi) is 6.04. The number of benzene rings is 3. The molecule has 0 aromatic heterocycles. The maximum atomic E-state index is 14.0. The Hall–Kier alpha value is -4.23. The zero-order chi connectivity index (χ0) is 24.5. The lowest BCUT2D eigenvalue weighted by Crippen LogP contribution is -2.52. The van der Waals surface area contributed by atoms with Crippen molar-refractivity contribution in [2.24, 2.45) is 0 Å². The summed E-state index contributed by atoms with van der Waals surface area (Å²) in [5.74, 6) is -3.01. The highest BCUT2D eigenvalue weighted by Crippen LogP contribution is 2.49. The standard InChI is InChI=1S/C27H23NO6/c1-2-18(15-16-23(29)30)28-22-14-8-12-19(17-9-4-3-5-10-17)24(22)25(31)27(28,34)21-13-7-6-11-20(21)26(32)33/h2-14,18,34H,1,15-16H2,(H,29,30)(H,32,33). The third-order valence-electron chi connectivity index (χ3n) is 6.07. The number of Topliss-reactive ketones (excluding diaryl/α,β-unsaturated/α-hetero) is 1. The highest BCUT2D eigenvalue weighted by Gasteiger charge is 2.55. The van der Waals surface area contributed by atoms with E-state index in [0.717, 1.165) is 5.56 Å². The topological polar surface area (TPSA) is 115 Å². The van der Waals surface area contributed by atoms with Crippen LogP contribution in [0.25, 0.3) is 11.1 Å². The lowest BCUT2D eigenvalue weighted by molar-refractivity contribution is -0.137. The van der Waals surface area contributed by atoms with Gasteiger partial charge in [-0.2, -0.15) is 0 Å². The number of carbonyl (C=O) groups excluding carboxylic acids is 1. The number of aliphatic carboxylic acids is 1. The molecule has 3 N–H and O–H groups in total. The molecule has 7 heteroatoms. The SMILES string of the molecule is C=CC(CCC(=O)O)N1c2cccc(-c3ccccc3)c2C(=O)C1(O)c1ccccc1C(=O)O. The van der Waals surface area contributed by atoms with Crippen LogP contribution in [0.5, 0.6) is 0 Å². The first-order valence-corrected chi connectivity index (χ1v) is 10.7. The summed E-state index contributed by atoms with van der Waals surface area (Å²) in [4.78, 5) is 38.7. The Morgan fingerprint density at radius 1 is 0.971 bits per heavy atom. The van der Waals surface area contributed by atoms with E-state index < -0.39 is 29.5 Å². The van der Waals surface area contributed by atoms with Crippen LogP contribution >= 0.6 is 0 Å². The third kappa shape index (κ3) is 3.66. The van der Waals surface area contributed by atoms with E-state index in [-0.39, 0.29) is 29.5 Å². The first kappa shape index (κ1) is 22.9. The molecule has 0 saturated carbocycles. The van der Waals surface area contributed by atoms with E-state index in [1.807, 2.05) is 30.3 Å². The number of aliphatic hydroxyl groups is 1. The Balaban J connectivity index is 2.00. The fraction of sp³-hybridized carbons (Fsp3) is 0.148. The molecule has 0 saturated heterocycles.